The van der Waals surface area contributed by atoms with E-state index in [1.54, 1.807) is 0 Å². The van der Waals surface area contributed by atoms with Crippen LogP contribution in [-0.2, 0) is 12.3 Å². The van der Waals surface area contributed by atoms with Gasteiger partial charge in [0.15, 0.2) is 0 Å². The number of hydrogen-bond acceptors (Lipinski definition) is 2. The van der Waals surface area contributed by atoms with Crippen molar-refractivity contribution in [2.24, 2.45) is 0 Å². The molecule has 0 saturated carbocycles. The van der Waals surface area contributed by atoms with E-state index in [1.165, 1.54) is 27.1 Å². The Morgan fingerprint density at radius 3 is 2.48 bits per heavy atom. The number of benzene rings is 2. The van der Waals surface area contributed by atoms with Crippen molar-refractivity contribution in [1.29, 1.82) is 0 Å². The van der Waals surface area contributed by atoms with Gasteiger partial charge in [0.25, 0.3) is 0 Å². The molecule has 0 aromatic heterocycles. The molecule has 0 fully saturated rings. The summed E-state index contributed by atoms with van der Waals surface area (Å²) in [6.45, 7) is 9.67. The minimum atomic E-state index is 0.514. The first-order chi connectivity index (χ1) is 10.1. The third kappa shape index (κ3) is 4.90. The fraction of sp³-hybridized carbons (Fsp3) is 0.368. The molecular weight excluding hydrogens is 274 g/mol. The zero-order valence-electron chi connectivity index (χ0n) is 13.4. The Kier molecular flexibility index (Phi) is 5.89. The number of hydrogen-bond donors (Lipinski definition) is 1. The van der Waals surface area contributed by atoms with Gasteiger partial charge < -0.3 is 5.32 Å². The van der Waals surface area contributed by atoms with Gasteiger partial charge in [-0.3, -0.25) is 0 Å². The second-order valence-corrected chi connectivity index (χ2v) is 6.88. The first kappa shape index (κ1) is 16.1. The first-order valence-electron chi connectivity index (χ1n) is 7.56. The highest BCUT2D eigenvalue weighted by molar-refractivity contribution is 7.98. The molecule has 0 aliphatic rings. The third-order valence-electron chi connectivity index (χ3n) is 3.56. The number of thioether (sulfide) groups is 1. The van der Waals surface area contributed by atoms with Gasteiger partial charge in [0.1, 0.15) is 0 Å². The Morgan fingerprint density at radius 1 is 1.00 bits per heavy atom. The fourth-order valence-corrected chi connectivity index (χ4v) is 3.34. The largest absolute Gasteiger partial charge is 0.310 e. The Morgan fingerprint density at radius 2 is 1.76 bits per heavy atom. The van der Waals surface area contributed by atoms with Crippen molar-refractivity contribution < 1.29 is 0 Å². The van der Waals surface area contributed by atoms with E-state index in [0.717, 1.165) is 12.3 Å². The molecular formula is C19H25NS. The van der Waals surface area contributed by atoms with E-state index < -0.39 is 0 Å². The van der Waals surface area contributed by atoms with Gasteiger partial charge in [-0.1, -0.05) is 55.8 Å². The number of nitrogens with one attached hydrogen (secondary N) is 1. The zero-order chi connectivity index (χ0) is 15.2. The Bertz CT molecular complexity index is 590. The highest BCUT2D eigenvalue weighted by Crippen LogP contribution is 2.28. The Balaban J connectivity index is 2.10. The smallest absolute Gasteiger partial charge is 0.0234 e. The molecule has 112 valence electrons. The maximum atomic E-state index is 3.53. The Hall–Kier alpha value is -1.25. The summed E-state index contributed by atoms with van der Waals surface area (Å²) in [6, 6.07) is 15.9. The summed E-state index contributed by atoms with van der Waals surface area (Å²) in [5.74, 6) is 1.03. The maximum absolute atomic E-state index is 3.53. The van der Waals surface area contributed by atoms with E-state index in [9.17, 15) is 0 Å². The van der Waals surface area contributed by atoms with E-state index in [1.807, 2.05) is 11.8 Å². The van der Waals surface area contributed by atoms with Crippen LogP contribution < -0.4 is 5.32 Å². The van der Waals surface area contributed by atoms with Crippen molar-refractivity contribution in [2.45, 2.75) is 50.9 Å². The number of aryl methyl sites for hydroxylation is 2. The van der Waals surface area contributed by atoms with Gasteiger partial charge in [-0.2, -0.15) is 0 Å². The lowest BCUT2D eigenvalue weighted by atomic mass is 10.1. The standard InChI is InChI=1S/C19H25NS/c1-14(2)20-12-18-11-15(3)9-10-19(18)21-13-17-8-6-5-7-16(17)4/h5-11,14,20H,12-13H2,1-4H3. The summed E-state index contributed by atoms with van der Waals surface area (Å²) >= 11 is 1.93. The van der Waals surface area contributed by atoms with Crippen LogP contribution in [0.5, 0.6) is 0 Å². The highest BCUT2D eigenvalue weighted by atomic mass is 32.2. The van der Waals surface area contributed by atoms with E-state index in [4.69, 9.17) is 0 Å². The van der Waals surface area contributed by atoms with E-state index in [0.29, 0.717) is 6.04 Å². The molecule has 2 rings (SSSR count). The minimum absolute atomic E-state index is 0.514. The van der Waals surface area contributed by atoms with E-state index in [2.05, 4.69) is 75.5 Å². The SMILES string of the molecule is Cc1ccc(SCc2ccccc2C)c(CNC(C)C)c1. The van der Waals surface area contributed by atoms with Gasteiger partial charge >= 0.3 is 0 Å². The van der Waals surface area contributed by atoms with E-state index in [-0.39, 0.29) is 0 Å². The summed E-state index contributed by atoms with van der Waals surface area (Å²) in [5.41, 5.74) is 5.53. The average molecular weight is 299 g/mol. The molecule has 2 aromatic carbocycles. The van der Waals surface area contributed by atoms with Crippen molar-refractivity contribution in [2.75, 3.05) is 0 Å². The van der Waals surface area contributed by atoms with Crippen LogP contribution in [-0.4, -0.2) is 6.04 Å². The molecule has 21 heavy (non-hydrogen) atoms. The third-order valence-corrected chi connectivity index (χ3v) is 4.73. The normalized spacial score (nSPS) is 11.1. The van der Waals surface area contributed by atoms with Crippen molar-refractivity contribution in [3.63, 3.8) is 0 Å². The van der Waals surface area contributed by atoms with Crippen LogP contribution in [0.15, 0.2) is 47.4 Å². The monoisotopic (exact) mass is 299 g/mol. The molecule has 0 atom stereocenters. The molecule has 2 heteroatoms. The Labute approximate surface area is 133 Å². The molecule has 0 saturated heterocycles. The molecule has 0 heterocycles. The topological polar surface area (TPSA) is 12.0 Å². The predicted octanol–water partition coefficient (Wildman–Crippen LogP) is 5.09. The molecule has 0 aliphatic carbocycles. The van der Waals surface area contributed by atoms with Gasteiger partial charge in [-0.15, -0.1) is 11.8 Å². The second kappa shape index (κ2) is 7.67. The molecule has 0 spiro atoms. The predicted molar refractivity (Wildman–Crippen MR) is 93.9 cm³/mol. The van der Waals surface area contributed by atoms with Crippen LogP contribution in [0.3, 0.4) is 0 Å². The van der Waals surface area contributed by atoms with Gasteiger partial charge in [-0.05, 0) is 36.6 Å². The van der Waals surface area contributed by atoms with Gasteiger partial charge in [-0.25, -0.2) is 0 Å². The second-order valence-electron chi connectivity index (χ2n) is 5.86. The highest BCUT2D eigenvalue weighted by Gasteiger charge is 2.06. The van der Waals surface area contributed by atoms with Crippen molar-refractivity contribution in [3.05, 3.63) is 64.7 Å². The zero-order valence-corrected chi connectivity index (χ0v) is 14.3. The van der Waals surface area contributed by atoms with Gasteiger partial charge in [0, 0.05) is 23.2 Å². The van der Waals surface area contributed by atoms with Crippen LogP contribution in [0.1, 0.15) is 36.1 Å². The number of rotatable bonds is 6. The lowest BCUT2D eigenvalue weighted by Gasteiger charge is -2.14. The minimum Gasteiger partial charge on any atom is -0.310 e. The van der Waals surface area contributed by atoms with Gasteiger partial charge in [0.2, 0.25) is 0 Å². The molecule has 0 aliphatic heterocycles. The van der Waals surface area contributed by atoms with Crippen LogP contribution >= 0.6 is 11.8 Å². The average Bonchev–Trinajstić information content (AvgIpc) is 2.45. The summed E-state index contributed by atoms with van der Waals surface area (Å²) in [6.07, 6.45) is 0. The molecule has 2 aromatic rings. The van der Waals surface area contributed by atoms with Crippen LogP contribution in [0, 0.1) is 13.8 Å². The lowest BCUT2D eigenvalue weighted by Crippen LogP contribution is -2.22. The van der Waals surface area contributed by atoms with Crippen molar-refractivity contribution >= 4 is 11.8 Å². The molecule has 0 radical (unpaired) electrons. The van der Waals surface area contributed by atoms with Crippen LogP contribution in [0.2, 0.25) is 0 Å². The molecule has 0 unspecified atom stereocenters. The lowest BCUT2D eigenvalue weighted by molar-refractivity contribution is 0.584. The maximum Gasteiger partial charge on any atom is 0.0234 e. The fourth-order valence-electron chi connectivity index (χ4n) is 2.23. The molecule has 1 N–H and O–H groups in total. The van der Waals surface area contributed by atoms with Crippen molar-refractivity contribution in [1.82, 2.24) is 5.32 Å². The quantitative estimate of drug-likeness (QED) is 0.745. The van der Waals surface area contributed by atoms with Crippen LogP contribution in [0.25, 0.3) is 0 Å². The van der Waals surface area contributed by atoms with Gasteiger partial charge in [0.05, 0.1) is 0 Å². The molecule has 1 nitrogen and oxygen atoms in total. The van der Waals surface area contributed by atoms with E-state index >= 15 is 0 Å². The molecule has 0 bridgehead atoms. The van der Waals surface area contributed by atoms with Crippen LogP contribution in [0.4, 0.5) is 0 Å². The first-order valence-corrected chi connectivity index (χ1v) is 8.55. The summed E-state index contributed by atoms with van der Waals surface area (Å²) < 4.78 is 0. The van der Waals surface area contributed by atoms with Crippen molar-refractivity contribution in [3.8, 4) is 0 Å². The summed E-state index contributed by atoms with van der Waals surface area (Å²) in [5, 5.41) is 3.53. The summed E-state index contributed by atoms with van der Waals surface area (Å²) in [4.78, 5) is 1.39. The molecule has 0 amide bonds. The summed E-state index contributed by atoms with van der Waals surface area (Å²) in [7, 11) is 0.